The van der Waals surface area contributed by atoms with Gasteiger partial charge in [0.1, 0.15) is 23.0 Å². The maximum atomic E-state index is 12.5. The van der Waals surface area contributed by atoms with Crippen LogP contribution < -0.4 is 5.32 Å². The Kier molecular flexibility index (Phi) is 4.42. The second-order valence-corrected chi connectivity index (χ2v) is 5.93. The van der Waals surface area contributed by atoms with E-state index in [0.29, 0.717) is 37.7 Å². The summed E-state index contributed by atoms with van der Waals surface area (Å²) in [5.74, 6) is 0.257. The second-order valence-electron chi connectivity index (χ2n) is 5.93. The number of amides is 1. The summed E-state index contributed by atoms with van der Waals surface area (Å²) >= 11 is 0. The number of carbonyl (C=O) groups is 1. The molecule has 0 bridgehead atoms. The molecule has 0 saturated carbocycles. The van der Waals surface area contributed by atoms with Gasteiger partial charge in [-0.15, -0.1) is 0 Å². The van der Waals surface area contributed by atoms with Crippen LogP contribution >= 0.6 is 0 Å². The Labute approximate surface area is 139 Å². The summed E-state index contributed by atoms with van der Waals surface area (Å²) in [6.07, 6.45) is 4.42. The van der Waals surface area contributed by atoms with Gasteiger partial charge in [-0.2, -0.15) is 5.26 Å². The predicted octanol–water partition coefficient (Wildman–Crippen LogP) is 1.52. The van der Waals surface area contributed by atoms with Crippen LogP contribution in [0.4, 0.5) is 0 Å². The number of carbonyl (C=O) groups excluding carboxylic acids is 1. The van der Waals surface area contributed by atoms with Gasteiger partial charge in [0.2, 0.25) is 5.88 Å². The molecule has 1 amide bonds. The zero-order valence-corrected chi connectivity index (χ0v) is 13.4. The summed E-state index contributed by atoms with van der Waals surface area (Å²) in [5.41, 5.74) is -0.584. The molecule has 2 N–H and O–H groups in total. The molecular weight excluding hydrogens is 310 g/mol. The summed E-state index contributed by atoms with van der Waals surface area (Å²) in [6.45, 7) is 2.70. The van der Waals surface area contributed by atoms with E-state index in [1.54, 1.807) is 36.0 Å². The Bertz CT molecular complexity index is 765. The van der Waals surface area contributed by atoms with Crippen LogP contribution in [0.2, 0.25) is 0 Å². The van der Waals surface area contributed by atoms with E-state index >= 15 is 0 Å². The fourth-order valence-corrected chi connectivity index (χ4v) is 2.82. The number of nitrogens with one attached hydrogen (secondary N) is 1. The second kappa shape index (κ2) is 6.51. The van der Waals surface area contributed by atoms with Crippen molar-refractivity contribution in [2.75, 3.05) is 19.8 Å². The smallest absolute Gasteiger partial charge is 0.256 e. The van der Waals surface area contributed by atoms with Crippen LogP contribution in [0, 0.1) is 18.3 Å². The maximum absolute atomic E-state index is 12.5. The van der Waals surface area contributed by atoms with Crippen molar-refractivity contribution >= 4 is 5.91 Å². The summed E-state index contributed by atoms with van der Waals surface area (Å²) in [7, 11) is 0. The van der Waals surface area contributed by atoms with Gasteiger partial charge in [-0.3, -0.25) is 9.36 Å². The van der Waals surface area contributed by atoms with Gasteiger partial charge in [0.15, 0.2) is 0 Å². The van der Waals surface area contributed by atoms with Gasteiger partial charge in [-0.25, -0.2) is 0 Å². The fraction of sp³-hybridized carbons (Fsp3) is 0.412. The van der Waals surface area contributed by atoms with Crippen molar-refractivity contribution in [3.63, 3.8) is 0 Å². The molecule has 3 rings (SSSR count). The fourth-order valence-electron chi connectivity index (χ4n) is 2.82. The standard InChI is InChI=1S/C17H19N3O4/c1-12-14(13(10-18)16(24-12)20-6-2-3-7-20)15(21)19-11-17(22)4-8-23-9-5-17/h2-3,6-7,22H,4-5,8-9,11H2,1H3,(H,19,21). The molecule has 24 heavy (non-hydrogen) atoms. The number of aliphatic hydroxyl groups is 1. The monoisotopic (exact) mass is 329 g/mol. The van der Waals surface area contributed by atoms with E-state index in [0.717, 1.165) is 0 Å². The topological polar surface area (TPSA) is 100 Å². The van der Waals surface area contributed by atoms with Crippen LogP contribution in [-0.2, 0) is 4.74 Å². The number of nitrogens with zero attached hydrogens (tertiary/aromatic N) is 2. The lowest BCUT2D eigenvalue weighted by Crippen LogP contribution is -2.46. The Morgan fingerprint density at radius 3 is 2.71 bits per heavy atom. The summed E-state index contributed by atoms with van der Waals surface area (Å²) in [5, 5.41) is 22.6. The van der Waals surface area contributed by atoms with Gasteiger partial charge in [0, 0.05) is 45.0 Å². The first kappa shape index (κ1) is 16.3. The van der Waals surface area contributed by atoms with E-state index < -0.39 is 11.5 Å². The van der Waals surface area contributed by atoms with Crippen molar-refractivity contribution in [1.29, 1.82) is 5.26 Å². The Balaban J connectivity index is 1.81. The highest BCUT2D eigenvalue weighted by molar-refractivity contribution is 5.98. The average molecular weight is 329 g/mol. The number of hydrogen-bond acceptors (Lipinski definition) is 5. The van der Waals surface area contributed by atoms with Crippen molar-refractivity contribution in [2.24, 2.45) is 0 Å². The third-order valence-electron chi connectivity index (χ3n) is 4.25. The van der Waals surface area contributed by atoms with Crippen molar-refractivity contribution in [2.45, 2.75) is 25.4 Å². The van der Waals surface area contributed by atoms with Gasteiger partial charge < -0.3 is 19.6 Å². The lowest BCUT2D eigenvalue weighted by molar-refractivity contribution is -0.0605. The lowest BCUT2D eigenvalue weighted by atomic mass is 9.94. The van der Waals surface area contributed by atoms with Crippen LogP contribution in [0.15, 0.2) is 28.9 Å². The average Bonchev–Trinajstić information content (AvgIpc) is 3.20. The van der Waals surface area contributed by atoms with Crippen molar-refractivity contribution in [3.8, 4) is 12.0 Å². The van der Waals surface area contributed by atoms with E-state index in [1.807, 2.05) is 6.07 Å². The zero-order chi connectivity index (χ0) is 17.2. The van der Waals surface area contributed by atoms with Crippen LogP contribution in [0.25, 0.3) is 5.88 Å². The van der Waals surface area contributed by atoms with Gasteiger partial charge in [0.25, 0.3) is 5.91 Å². The van der Waals surface area contributed by atoms with E-state index in [9.17, 15) is 15.2 Å². The highest BCUT2D eigenvalue weighted by atomic mass is 16.5. The molecule has 7 heteroatoms. The van der Waals surface area contributed by atoms with Crippen molar-refractivity contribution in [3.05, 3.63) is 41.4 Å². The highest BCUT2D eigenvalue weighted by Gasteiger charge is 2.31. The van der Waals surface area contributed by atoms with Gasteiger partial charge in [-0.05, 0) is 19.1 Å². The first-order chi connectivity index (χ1) is 11.5. The van der Waals surface area contributed by atoms with Crippen molar-refractivity contribution < 1.29 is 19.1 Å². The quantitative estimate of drug-likeness (QED) is 0.886. The largest absolute Gasteiger partial charge is 0.443 e. The molecule has 7 nitrogen and oxygen atoms in total. The maximum Gasteiger partial charge on any atom is 0.256 e. The molecule has 0 aliphatic carbocycles. The molecule has 1 aliphatic rings. The van der Waals surface area contributed by atoms with Gasteiger partial charge in [-0.1, -0.05) is 0 Å². The molecule has 2 aromatic rings. The first-order valence-electron chi connectivity index (χ1n) is 7.79. The molecule has 1 saturated heterocycles. The van der Waals surface area contributed by atoms with E-state index in [1.165, 1.54) is 0 Å². The Hall–Kier alpha value is -2.56. The minimum absolute atomic E-state index is 0.115. The number of hydrogen-bond donors (Lipinski definition) is 2. The number of furan rings is 1. The molecule has 1 aliphatic heterocycles. The third-order valence-corrected chi connectivity index (χ3v) is 4.25. The molecule has 0 atom stereocenters. The van der Waals surface area contributed by atoms with Crippen molar-refractivity contribution in [1.82, 2.24) is 9.88 Å². The Morgan fingerprint density at radius 2 is 2.08 bits per heavy atom. The third kappa shape index (κ3) is 3.07. The van der Waals surface area contributed by atoms with Gasteiger partial charge in [0.05, 0.1) is 5.60 Å². The molecule has 0 radical (unpaired) electrons. The molecular formula is C17H19N3O4. The van der Waals surface area contributed by atoms with E-state index in [-0.39, 0.29) is 17.7 Å². The molecule has 0 aromatic carbocycles. The normalized spacial score (nSPS) is 16.5. The minimum Gasteiger partial charge on any atom is -0.443 e. The van der Waals surface area contributed by atoms with Crippen LogP contribution in [0.3, 0.4) is 0 Å². The van der Waals surface area contributed by atoms with E-state index in [2.05, 4.69) is 5.32 Å². The lowest BCUT2D eigenvalue weighted by Gasteiger charge is -2.32. The number of aryl methyl sites for hydroxylation is 1. The number of ether oxygens (including phenoxy) is 1. The molecule has 1 fully saturated rings. The number of nitriles is 1. The van der Waals surface area contributed by atoms with Crippen LogP contribution in [0.5, 0.6) is 0 Å². The molecule has 0 unspecified atom stereocenters. The first-order valence-corrected chi connectivity index (χ1v) is 7.79. The summed E-state index contributed by atoms with van der Waals surface area (Å²) in [6, 6.07) is 5.65. The highest BCUT2D eigenvalue weighted by Crippen LogP contribution is 2.26. The molecule has 3 heterocycles. The summed E-state index contributed by atoms with van der Waals surface area (Å²) < 4.78 is 12.5. The number of aromatic nitrogens is 1. The summed E-state index contributed by atoms with van der Waals surface area (Å²) in [4.78, 5) is 12.5. The predicted molar refractivity (Wildman–Crippen MR) is 84.8 cm³/mol. The van der Waals surface area contributed by atoms with Crippen LogP contribution in [-0.4, -0.2) is 40.9 Å². The molecule has 126 valence electrons. The number of rotatable bonds is 4. The SMILES string of the molecule is Cc1oc(-n2cccc2)c(C#N)c1C(=O)NCC1(O)CCOCC1. The minimum atomic E-state index is -0.971. The van der Waals surface area contributed by atoms with E-state index in [4.69, 9.17) is 9.15 Å². The zero-order valence-electron chi connectivity index (χ0n) is 13.4. The molecule has 0 spiro atoms. The van der Waals surface area contributed by atoms with Crippen LogP contribution in [0.1, 0.15) is 34.5 Å². The molecule has 2 aromatic heterocycles. The van der Waals surface area contributed by atoms with Gasteiger partial charge >= 0.3 is 0 Å². The Morgan fingerprint density at radius 1 is 1.42 bits per heavy atom.